The Balaban J connectivity index is 1.73. The Labute approximate surface area is 150 Å². The van der Waals surface area contributed by atoms with Crippen LogP contribution < -0.4 is 5.32 Å². The summed E-state index contributed by atoms with van der Waals surface area (Å²) in [7, 11) is 0. The zero-order valence-electron chi connectivity index (χ0n) is 14.2. The first-order chi connectivity index (χ1) is 11.9. The second kappa shape index (κ2) is 7.07. The summed E-state index contributed by atoms with van der Waals surface area (Å²) in [5.41, 5.74) is 0.798. The molecule has 0 unspecified atom stereocenters. The second-order valence-corrected chi connectivity index (χ2v) is 7.69. The number of benzene rings is 1. The van der Waals surface area contributed by atoms with Crippen molar-refractivity contribution in [1.29, 1.82) is 0 Å². The number of likely N-dealkylation sites (tertiary alicyclic amines) is 1. The molecule has 2 heterocycles. The Kier molecular flexibility index (Phi) is 5.03. The van der Waals surface area contributed by atoms with Crippen LogP contribution in [0.25, 0.3) is 0 Å². The van der Waals surface area contributed by atoms with Gasteiger partial charge in [0, 0.05) is 12.0 Å². The first-order valence-corrected chi connectivity index (χ1v) is 8.99. The molecule has 1 saturated heterocycles. The number of hydrogen-bond donors (Lipinski definition) is 3. The molecule has 3 rings (SSSR count). The lowest BCUT2D eigenvalue weighted by atomic mass is 9.85. The van der Waals surface area contributed by atoms with E-state index in [1.54, 1.807) is 0 Å². The minimum absolute atomic E-state index is 0.174. The zero-order valence-corrected chi connectivity index (χ0v) is 15.0. The first kappa shape index (κ1) is 17.8. The topological polar surface area (TPSA) is 98.6 Å². The summed E-state index contributed by atoms with van der Waals surface area (Å²) >= 11 is 1.33. The molecule has 1 aliphatic rings. The number of amides is 2. The van der Waals surface area contributed by atoms with Gasteiger partial charge in [-0.2, -0.15) is 0 Å². The molecular formula is C17H22N4O3S. The molecule has 8 heteroatoms. The van der Waals surface area contributed by atoms with E-state index in [0.717, 1.165) is 10.6 Å². The molecule has 1 aromatic heterocycles. The van der Waals surface area contributed by atoms with Crippen molar-refractivity contribution in [3.63, 3.8) is 0 Å². The summed E-state index contributed by atoms with van der Waals surface area (Å²) in [5.74, 6) is 0. The van der Waals surface area contributed by atoms with Crippen LogP contribution in [0, 0.1) is 0 Å². The lowest BCUT2D eigenvalue weighted by Crippen LogP contribution is -2.40. The van der Waals surface area contributed by atoms with Gasteiger partial charge in [0.25, 0.3) is 0 Å². The minimum Gasteiger partial charge on any atom is -0.394 e. The molecule has 0 aliphatic carbocycles. The summed E-state index contributed by atoms with van der Waals surface area (Å²) in [4.78, 5) is 13.8. The first-order valence-electron chi connectivity index (χ1n) is 8.18. The molecule has 0 bridgehead atoms. The highest BCUT2D eigenvalue weighted by molar-refractivity contribution is 7.15. The molecule has 0 spiro atoms. The monoisotopic (exact) mass is 362 g/mol. The predicted octanol–water partition coefficient (Wildman–Crippen LogP) is 1.82. The van der Waals surface area contributed by atoms with Crippen molar-refractivity contribution in [2.24, 2.45) is 0 Å². The maximum absolute atomic E-state index is 12.4. The third-order valence-electron chi connectivity index (χ3n) is 4.53. The average Bonchev–Trinajstić information content (AvgIpc) is 3.22. The standard InChI is InChI=1S/C17H22N4O3S/c1-17(2,11-6-4-3-5-7-11)14-19-20-15(25-14)18-16(24)21-9-13(23)8-12(21)10-22/h3-7,12-13,22-23H,8-10H2,1-2H3,(H,18,20,24)/t12-,13+/m0/s1. The zero-order chi connectivity index (χ0) is 18.0. The van der Waals surface area contributed by atoms with E-state index in [4.69, 9.17) is 0 Å². The van der Waals surface area contributed by atoms with E-state index in [0.29, 0.717) is 11.6 Å². The van der Waals surface area contributed by atoms with Gasteiger partial charge in [-0.15, -0.1) is 10.2 Å². The van der Waals surface area contributed by atoms with E-state index >= 15 is 0 Å². The van der Waals surface area contributed by atoms with Crippen molar-refractivity contribution in [2.75, 3.05) is 18.5 Å². The lowest BCUT2D eigenvalue weighted by molar-refractivity contribution is 0.164. The number of nitrogens with one attached hydrogen (secondary N) is 1. The fourth-order valence-corrected chi connectivity index (χ4v) is 3.84. The number of aliphatic hydroxyl groups is 2. The van der Waals surface area contributed by atoms with Gasteiger partial charge in [-0.25, -0.2) is 4.79 Å². The van der Waals surface area contributed by atoms with Gasteiger partial charge >= 0.3 is 6.03 Å². The molecule has 1 aliphatic heterocycles. The molecular weight excluding hydrogens is 340 g/mol. The van der Waals surface area contributed by atoms with Crippen LogP contribution >= 0.6 is 11.3 Å². The van der Waals surface area contributed by atoms with Crippen molar-refractivity contribution in [3.05, 3.63) is 40.9 Å². The summed E-state index contributed by atoms with van der Waals surface area (Å²) in [6, 6.07) is 9.25. The van der Waals surface area contributed by atoms with E-state index in [-0.39, 0.29) is 30.6 Å². The summed E-state index contributed by atoms with van der Waals surface area (Å²) < 4.78 is 0. The maximum Gasteiger partial charge on any atom is 0.324 e. The van der Waals surface area contributed by atoms with E-state index in [1.165, 1.54) is 16.2 Å². The molecule has 0 saturated carbocycles. The van der Waals surface area contributed by atoms with Crippen molar-refractivity contribution < 1.29 is 15.0 Å². The van der Waals surface area contributed by atoms with E-state index < -0.39 is 6.10 Å². The number of rotatable bonds is 4. The Morgan fingerprint density at radius 1 is 1.36 bits per heavy atom. The Bertz CT molecular complexity index is 735. The summed E-state index contributed by atoms with van der Waals surface area (Å²) in [5, 5.41) is 31.3. The summed E-state index contributed by atoms with van der Waals surface area (Å²) in [6.45, 7) is 4.16. The third-order valence-corrected chi connectivity index (χ3v) is 5.70. The van der Waals surface area contributed by atoms with Crippen molar-refractivity contribution in [3.8, 4) is 0 Å². The average molecular weight is 362 g/mol. The molecule has 7 nitrogen and oxygen atoms in total. The largest absolute Gasteiger partial charge is 0.394 e. The number of aliphatic hydroxyl groups excluding tert-OH is 2. The van der Waals surface area contributed by atoms with Gasteiger partial charge in [-0.05, 0) is 25.8 Å². The molecule has 25 heavy (non-hydrogen) atoms. The lowest BCUT2D eigenvalue weighted by Gasteiger charge is -2.22. The predicted molar refractivity (Wildman–Crippen MR) is 95.7 cm³/mol. The quantitative estimate of drug-likeness (QED) is 0.771. The van der Waals surface area contributed by atoms with Crippen LogP contribution in [0.3, 0.4) is 0 Å². The van der Waals surface area contributed by atoms with E-state index in [2.05, 4.69) is 29.4 Å². The molecule has 134 valence electrons. The Hall–Kier alpha value is -2.03. The number of hydrogen-bond acceptors (Lipinski definition) is 6. The van der Waals surface area contributed by atoms with Crippen LogP contribution in [0.2, 0.25) is 0 Å². The van der Waals surface area contributed by atoms with Crippen LogP contribution in [0.1, 0.15) is 30.8 Å². The smallest absolute Gasteiger partial charge is 0.324 e. The molecule has 0 radical (unpaired) electrons. The number of urea groups is 1. The van der Waals surface area contributed by atoms with Crippen molar-refractivity contribution in [2.45, 2.75) is 37.8 Å². The maximum atomic E-state index is 12.4. The SMILES string of the molecule is CC(C)(c1ccccc1)c1nnc(NC(=O)N2C[C@H](O)C[C@H]2CO)s1. The van der Waals surface area contributed by atoms with Crippen LogP contribution in [-0.2, 0) is 5.41 Å². The number of carbonyl (C=O) groups is 1. The molecule has 1 fully saturated rings. The Morgan fingerprint density at radius 3 is 2.76 bits per heavy atom. The van der Waals surface area contributed by atoms with Crippen LogP contribution in [0.4, 0.5) is 9.93 Å². The number of carbonyl (C=O) groups excluding carboxylic acids is 1. The molecule has 2 aromatic rings. The Morgan fingerprint density at radius 2 is 2.08 bits per heavy atom. The van der Waals surface area contributed by atoms with Gasteiger partial charge in [0.2, 0.25) is 5.13 Å². The van der Waals surface area contributed by atoms with Gasteiger partial charge in [0.15, 0.2) is 0 Å². The van der Waals surface area contributed by atoms with Crippen LogP contribution in [-0.4, -0.2) is 56.6 Å². The van der Waals surface area contributed by atoms with Gasteiger partial charge in [-0.1, -0.05) is 41.7 Å². The number of aromatic nitrogens is 2. The van der Waals surface area contributed by atoms with Gasteiger partial charge < -0.3 is 15.1 Å². The fraction of sp³-hybridized carbons (Fsp3) is 0.471. The van der Waals surface area contributed by atoms with Crippen molar-refractivity contribution in [1.82, 2.24) is 15.1 Å². The van der Waals surface area contributed by atoms with Gasteiger partial charge in [0.1, 0.15) is 5.01 Å². The highest BCUT2D eigenvalue weighted by Crippen LogP contribution is 2.34. The molecule has 1 aromatic carbocycles. The van der Waals surface area contributed by atoms with E-state index in [1.807, 2.05) is 30.3 Å². The van der Waals surface area contributed by atoms with E-state index in [9.17, 15) is 15.0 Å². The van der Waals surface area contributed by atoms with Crippen molar-refractivity contribution >= 4 is 22.5 Å². The minimum atomic E-state index is -0.607. The van der Waals surface area contributed by atoms with Crippen LogP contribution in [0.5, 0.6) is 0 Å². The molecule has 2 amide bonds. The molecule has 3 N–H and O–H groups in total. The number of nitrogens with zero attached hydrogens (tertiary/aromatic N) is 3. The molecule has 2 atom stereocenters. The fourth-order valence-electron chi connectivity index (χ4n) is 2.98. The second-order valence-electron chi connectivity index (χ2n) is 6.71. The number of anilines is 1. The van der Waals surface area contributed by atoms with Gasteiger partial charge in [0.05, 0.1) is 18.8 Å². The van der Waals surface area contributed by atoms with Crippen LogP contribution in [0.15, 0.2) is 30.3 Å². The highest BCUT2D eigenvalue weighted by Gasteiger charge is 2.34. The van der Waals surface area contributed by atoms with Gasteiger partial charge in [-0.3, -0.25) is 5.32 Å². The number of β-amino-alcohol motifs (C(OH)–C–C–N with tert-alkyl or cyclic N) is 1. The normalized spacial score (nSPS) is 20.7. The highest BCUT2D eigenvalue weighted by atomic mass is 32.1. The third kappa shape index (κ3) is 3.65. The summed E-state index contributed by atoms with van der Waals surface area (Å²) in [6.07, 6.45) is -0.225.